The Bertz CT molecular complexity index is 746. The van der Waals surface area contributed by atoms with Crippen molar-refractivity contribution in [1.29, 1.82) is 0 Å². The zero-order valence-corrected chi connectivity index (χ0v) is 13.5. The highest BCUT2D eigenvalue weighted by Crippen LogP contribution is 2.27. The largest absolute Gasteiger partial charge is 0.452 e. The standard InChI is InChI=1S/C13H14BrFN2O3S/c1-8(9-3-2-4-10(15)5-9)17-21(18,19)12-6-11(7-16)20-13(12)14/h2-6,8,17H,7,16H2,1H3. The van der Waals surface area contributed by atoms with Crippen LogP contribution in [0.15, 0.2) is 44.3 Å². The van der Waals surface area contributed by atoms with E-state index in [1.807, 2.05) is 0 Å². The van der Waals surface area contributed by atoms with E-state index in [1.165, 1.54) is 24.3 Å². The zero-order chi connectivity index (χ0) is 15.6. The highest BCUT2D eigenvalue weighted by atomic mass is 79.9. The van der Waals surface area contributed by atoms with Crippen molar-refractivity contribution in [2.75, 3.05) is 0 Å². The van der Waals surface area contributed by atoms with Crippen LogP contribution in [0.2, 0.25) is 0 Å². The molecule has 0 aliphatic heterocycles. The smallest absolute Gasteiger partial charge is 0.245 e. The molecule has 1 aromatic heterocycles. The van der Waals surface area contributed by atoms with Crippen molar-refractivity contribution >= 4 is 26.0 Å². The Kier molecular flexibility index (Phi) is 4.82. The molecule has 5 nitrogen and oxygen atoms in total. The summed E-state index contributed by atoms with van der Waals surface area (Å²) >= 11 is 3.05. The van der Waals surface area contributed by atoms with Crippen LogP contribution in [0.3, 0.4) is 0 Å². The highest BCUT2D eigenvalue weighted by molar-refractivity contribution is 9.10. The fraction of sp³-hybridized carbons (Fsp3) is 0.231. The van der Waals surface area contributed by atoms with Gasteiger partial charge in [0, 0.05) is 12.1 Å². The van der Waals surface area contributed by atoms with Crippen LogP contribution in [0.25, 0.3) is 0 Å². The number of hydrogen-bond donors (Lipinski definition) is 2. The lowest BCUT2D eigenvalue weighted by atomic mass is 10.1. The molecule has 0 aliphatic rings. The number of hydrogen-bond acceptors (Lipinski definition) is 4. The van der Waals surface area contributed by atoms with Gasteiger partial charge < -0.3 is 10.2 Å². The van der Waals surface area contributed by atoms with Gasteiger partial charge in [0.1, 0.15) is 16.5 Å². The summed E-state index contributed by atoms with van der Waals surface area (Å²) in [6, 6.07) is 6.51. The van der Waals surface area contributed by atoms with Crippen molar-refractivity contribution < 1.29 is 17.2 Å². The molecule has 1 atom stereocenters. The summed E-state index contributed by atoms with van der Waals surface area (Å²) in [6.45, 7) is 1.72. The summed E-state index contributed by atoms with van der Waals surface area (Å²) in [4.78, 5) is -0.0359. The molecule has 0 saturated carbocycles. The lowest BCUT2D eigenvalue weighted by Crippen LogP contribution is -2.26. The minimum atomic E-state index is -3.81. The molecule has 0 amide bonds. The van der Waals surface area contributed by atoms with Crippen molar-refractivity contribution in [1.82, 2.24) is 4.72 Å². The summed E-state index contributed by atoms with van der Waals surface area (Å²) in [5.74, 6) is -0.0749. The van der Waals surface area contributed by atoms with E-state index in [1.54, 1.807) is 13.0 Å². The maximum Gasteiger partial charge on any atom is 0.245 e. The average Bonchev–Trinajstić information content (AvgIpc) is 2.80. The van der Waals surface area contributed by atoms with Crippen LogP contribution >= 0.6 is 15.9 Å². The Morgan fingerprint density at radius 1 is 1.43 bits per heavy atom. The lowest BCUT2D eigenvalue weighted by Gasteiger charge is -2.14. The maximum absolute atomic E-state index is 13.2. The molecule has 21 heavy (non-hydrogen) atoms. The Balaban J connectivity index is 2.26. The minimum Gasteiger partial charge on any atom is -0.452 e. The molecule has 0 spiro atoms. The van der Waals surface area contributed by atoms with Crippen molar-refractivity contribution in [3.05, 3.63) is 52.1 Å². The number of halogens is 2. The first-order chi connectivity index (χ1) is 9.83. The van der Waals surface area contributed by atoms with Gasteiger partial charge in [-0.3, -0.25) is 0 Å². The molecule has 0 radical (unpaired) electrons. The third-order valence-corrected chi connectivity index (χ3v) is 5.28. The predicted molar refractivity (Wildman–Crippen MR) is 79.4 cm³/mol. The van der Waals surface area contributed by atoms with E-state index in [2.05, 4.69) is 20.7 Å². The van der Waals surface area contributed by atoms with Crippen molar-refractivity contribution in [3.8, 4) is 0 Å². The van der Waals surface area contributed by atoms with Crippen LogP contribution < -0.4 is 10.5 Å². The first-order valence-electron chi connectivity index (χ1n) is 6.09. The summed E-state index contributed by atoms with van der Waals surface area (Å²) in [5, 5.41) is 0. The molecule has 0 aliphatic carbocycles. The molecule has 0 saturated heterocycles. The van der Waals surface area contributed by atoms with Gasteiger partial charge in [0.2, 0.25) is 10.0 Å². The number of rotatable bonds is 5. The molecule has 0 bridgehead atoms. The second-order valence-corrected chi connectivity index (χ2v) is 6.86. The SMILES string of the molecule is CC(NS(=O)(=O)c1cc(CN)oc1Br)c1cccc(F)c1. The third kappa shape index (κ3) is 3.70. The van der Waals surface area contributed by atoms with E-state index in [9.17, 15) is 12.8 Å². The zero-order valence-electron chi connectivity index (χ0n) is 11.1. The molecule has 8 heteroatoms. The van der Waals surface area contributed by atoms with E-state index in [0.717, 1.165) is 0 Å². The first-order valence-corrected chi connectivity index (χ1v) is 8.37. The lowest BCUT2D eigenvalue weighted by molar-refractivity contribution is 0.483. The first kappa shape index (κ1) is 16.2. The van der Waals surface area contributed by atoms with Gasteiger partial charge in [-0.2, -0.15) is 0 Å². The molecule has 2 rings (SSSR count). The van der Waals surface area contributed by atoms with Crippen LogP contribution in [0.4, 0.5) is 4.39 Å². The van der Waals surface area contributed by atoms with Crippen molar-refractivity contribution in [2.24, 2.45) is 5.73 Å². The molecule has 114 valence electrons. The fourth-order valence-electron chi connectivity index (χ4n) is 1.82. The van der Waals surface area contributed by atoms with Gasteiger partial charge in [-0.05, 0) is 40.5 Å². The molecule has 2 aromatic rings. The fourth-order valence-corrected chi connectivity index (χ4v) is 4.05. The summed E-state index contributed by atoms with van der Waals surface area (Å²) in [6.07, 6.45) is 0. The Morgan fingerprint density at radius 3 is 2.71 bits per heavy atom. The van der Waals surface area contributed by atoms with Gasteiger partial charge in [-0.1, -0.05) is 12.1 Å². The van der Waals surface area contributed by atoms with E-state index in [4.69, 9.17) is 10.2 Å². The van der Waals surface area contributed by atoms with Gasteiger partial charge >= 0.3 is 0 Å². The molecule has 0 fully saturated rings. The normalized spacial score (nSPS) is 13.3. The molecular formula is C13H14BrFN2O3S. The monoisotopic (exact) mass is 376 g/mol. The molecule has 1 unspecified atom stereocenters. The summed E-state index contributed by atoms with van der Waals surface area (Å²) < 4.78 is 45.5. The van der Waals surface area contributed by atoms with Gasteiger partial charge in [-0.25, -0.2) is 17.5 Å². The Morgan fingerprint density at radius 2 is 2.14 bits per heavy atom. The molecule has 3 N–H and O–H groups in total. The Hall–Kier alpha value is -1.22. The van der Waals surface area contributed by atoms with Crippen LogP contribution in [-0.2, 0) is 16.6 Å². The molecule has 1 heterocycles. The number of benzene rings is 1. The number of nitrogens with two attached hydrogens (primary N) is 1. The topological polar surface area (TPSA) is 85.3 Å². The minimum absolute atomic E-state index is 0.0359. The van der Waals surface area contributed by atoms with Crippen molar-refractivity contribution in [2.45, 2.75) is 24.4 Å². The van der Waals surface area contributed by atoms with Gasteiger partial charge in [0.05, 0.1) is 6.54 Å². The predicted octanol–water partition coefficient (Wildman–Crippen LogP) is 2.68. The Labute approximate surface area is 130 Å². The second kappa shape index (κ2) is 6.27. The van der Waals surface area contributed by atoms with Gasteiger partial charge in [-0.15, -0.1) is 0 Å². The average molecular weight is 377 g/mol. The van der Waals surface area contributed by atoms with Gasteiger partial charge in [0.25, 0.3) is 0 Å². The quantitative estimate of drug-likeness (QED) is 0.839. The van der Waals surface area contributed by atoms with Crippen LogP contribution in [0.1, 0.15) is 24.3 Å². The third-order valence-electron chi connectivity index (χ3n) is 2.88. The number of nitrogens with one attached hydrogen (secondary N) is 1. The van der Waals surface area contributed by atoms with Crippen molar-refractivity contribution in [3.63, 3.8) is 0 Å². The van der Waals surface area contributed by atoms with Crippen LogP contribution in [0, 0.1) is 5.82 Å². The van der Waals surface area contributed by atoms with E-state index >= 15 is 0 Å². The van der Waals surface area contributed by atoms with E-state index in [-0.39, 0.29) is 16.1 Å². The van der Waals surface area contributed by atoms with Crippen LogP contribution in [-0.4, -0.2) is 8.42 Å². The summed E-state index contributed by atoms with van der Waals surface area (Å²) in [5.41, 5.74) is 5.94. The summed E-state index contributed by atoms with van der Waals surface area (Å²) in [7, 11) is -3.81. The maximum atomic E-state index is 13.2. The number of furan rings is 1. The molecule has 1 aromatic carbocycles. The number of sulfonamides is 1. The van der Waals surface area contributed by atoms with Gasteiger partial charge in [0.15, 0.2) is 4.67 Å². The van der Waals surface area contributed by atoms with E-state index < -0.39 is 21.9 Å². The molecular weight excluding hydrogens is 363 g/mol. The van der Waals surface area contributed by atoms with E-state index in [0.29, 0.717) is 11.3 Å². The second-order valence-electron chi connectivity index (χ2n) is 4.45. The highest BCUT2D eigenvalue weighted by Gasteiger charge is 2.24. The van der Waals surface area contributed by atoms with Crippen LogP contribution in [0.5, 0.6) is 0 Å².